The third kappa shape index (κ3) is 2.85. The highest BCUT2D eigenvalue weighted by molar-refractivity contribution is 6.62. The van der Waals surface area contributed by atoms with Gasteiger partial charge in [0.25, 0.3) is 0 Å². The molecule has 3 heterocycles. The lowest BCUT2D eigenvalue weighted by Gasteiger charge is -2.32. The van der Waals surface area contributed by atoms with Crippen molar-refractivity contribution in [1.29, 1.82) is 0 Å². The van der Waals surface area contributed by atoms with E-state index in [9.17, 15) is 0 Å². The molecule has 9 rings (SSSR count). The van der Waals surface area contributed by atoms with E-state index in [0.717, 1.165) is 5.46 Å². The minimum Gasteiger partial charge on any atom is -0.399 e. The zero-order chi connectivity index (χ0) is 28.6. The highest BCUT2D eigenvalue weighted by Crippen LogP contribution is 2.59. The van der Waals surface area contributed by atoms with Crippen LogP contribution in [0.25, 0.3) is 49.7 Å². The standard InChI is InChI=1S/C38H32BNO2/c1-36(2)37(3,4)42-39(41-36)24-21-28-26-16-10-12-18-32(26)40-31-17-11-9-15-25(31)27-19-20-29-34(35(27)40)33(28)30(22-24)38(29,5)23-13-7-6-8-14-23/h6-22H,1-5H3. The third-order valence-corrected chi connectivity index (χ3v) is 10.6. The summed E-state index contributed by atoms with van der Waals surface area (Å²) in [6.45, 7) is 10.9. The fourth-order valence-electron chi connectivity index (χ4n) is 7.76. The van der Waals surface area contributed by atoms with E-state index in [4.69, 9.17) is 9.31 Å². The zero-order valence-electron chi connectivity index (χ0n) is 24.7. The summed E-state index contributed by atoms with van der Waals surface area (Å²) in [5.41, 5.74) is 12.7. The lowest BCUT2D eigenvalue weighted by Crippen LogP contribution is -2.41. The van der Waals surface area contributed by atoms with Gasteiger partial charge in [-0.3, -0.25) is 0 Å². The number of aromatic nitrogens is 1. The highest BCUT2D eigenvalue weighted by atomic mass is 16.7. The van der Waals surface area contributed by atoms with Crippen molar-refractivity contribution in [3.8, 4) is 27.9 Å². The lowest BCUT2D eigenvalue weighted by atomic mass is 9.70. The van der Waals surface area contributed by atoms with Crippen LogP contribution in [0.4, 0.5) is 0 Å². The molecule has 42 heavy (non-hydrogen) atoms. The second kappa shape index (κ2) is 7.83. The van der Waals surface area contributed by atoms with E-state index in [1.807, 2.05) is 0 Å². The Balaban J connectivity index is 1.47. The van der Waals surface area contributed by atoms with Gasteiger partial charge in [0.1, 0.15) is 0 Å². The molecule has 0 saturated carbocycles. The van der Waals surface area contributed by atoms with Crippen LogP contribution < -0.4 is 5.46 Å². The molecule has 204 valence electrons. The molecule has 0 amide bonds. The minimum absolute atomic E-state index is 0.345. The first-order valence-electron chi connectivity index (χ1n) is 15.0. The van der Waals surface area contributed by atoms with Crippen LogP contribution in [0.2, 0.25) is 0 Å². The fraction of sp³-hybridized carbons (Fsp3) is 0.211. The second-order valence-corrected chi connectivity index (χ2v) is 13.3. The van der Waals surface area contributed by atoms with Crippen LogP contribution in [-0.4, -0.2) is 22.9 Å². The molecule has 1 aliphatic carbocycles. The van der Waals surface area contributed by atoms with Crippen molar-refractivity contribution in [3.63, 3.8) is 0 Å². The number of rotatable bonds is 2. The molecule has 1 aromatic heterocycles. The summed E-state index contributed by atoms with van der Waals surface area (Å²) < 4.78 is 15.8. The highest BCUT2D eigenvalue weighted by Gasteiger charge is 2.53. The third-order valence-electron chi connectivity index (χ3n) is 10.6. The van der Waals surface area contributed by atoms with E-state index in [2.05, 4.69) is 142 Å². The SMILES string of the molecule is CC1(c2ccccc2)c2cc(B3OC(C)(C)C(C)(C)O3)cc3c2-c2c1ccc1c4ccccc4n(c21)-c1ccccc1-3. The van der Waals surface area contributed by atoms with Crippen molar-refractivity contribution in [1.82, 2.24) is 4.57 Å². The van der Waals surface area contributed by atoms with E-state index in [1.165, 1.54) is 66.4 Å². The molecule has 1 atom stereocenters. The van der Waals surface area contributed by atoms with Crippen molar-refractivity contribution in [2.24, 2.45) is 0 Å². The zero-order valence-corrected chi connectivity index (χ0v) is 24.7. The van der Waals surface area contributed by atoms with E-state index in [-0.39, 0.29) is 5.41 Å². The van der Waals surface area contributed by atoms with Crippen LogP contribution in [0, 0.1) is 0 Å². The predicted molar refractivity (Wildman–Crippen MR) is 173 cm³/mol. The molecule has 6 aromatic rings. The van der Waals surface area contributed by atoms with E-state index in [1.54, 1.807) is 0 Å². The fourth-order valence-corrected chi connectivity index (χ4v) is 7.76. The summed E-state index contributed by atoms with van der Waals surface area (Å²) in [4.78, 5) is 0. The molecule has 0 bridgehead atoms. The van der Waals surface area contributed by atoms with Crippen LogP contribution in [0.1, 0.15) is 51.3 Å². The van der Waals surface area contributed by atoms with Crippen LogP contribution in [0.15, 0.2) is 103 Å². The van der Waals surface area contributed by atoms with Gasteiger partial charge in [0, 0.05) is 27.3 Å². The smallest absolute Gasteiger partial charge is 0.399 e. The van der Waals surface area contributed by atoms with Crippen molar-refractivity contribution in [2.75, 3.05) is 0 Å². The predicted octanol–water partition coefficient (Wildman–Crippen LogP) is 8.40. The molecule has 4 heteroatoms. The van der Waals surface area contributed by atoms with Crippen molar-refractivity contribution in [3.05, 3.63) is 120 Å². The monoisotopic (exact) mass is 545 g/mol. The van der Waals surface area contributed by atoms with Crippen molar-refractivity contribution in [2.45, 2.75) is 51.2 Å². The van der Waals surface area contributed by atoms with Gasteiger partial charge in [0.05, 0.1) is 27.9 Å². The van der Waals surface area contributed by atoms with E-state index in [0.29, 0.717) is 0 Å². The van der Waals surface area contributed by atoms with E-state index >= 15 is 0 Å². The first kappa shape index (κ1) is 24.5. The number of hydrogen-bond donors (Lipinski definition) is 0. The van der Waals surface area contributed by atoms with Gasteiger partial charge in [-0.05, 0) is 80.0 Å². The molecular weight excluding hydrogens is 513 g/mol. The van der Waals surface area contributed by atoms with Crippen LogP contribution in [0.3, 0.4) is 0 Å². The minimum atomic E-state index is -0.449. The Labute approximate surface area is 246 Å². The molecular formula is C38H32BNO2. The van der Waals surface area contributed by atoms with Gasteiger partial charge in [0.2, 0.25) is 0 Å². The van der Waals surface area contributed by atoms with Gasteiger partial charge in [-0.25, -0.2) is 0 Å². The number of nitrogens with zero attached hydrogens (tertiary/aromatic N) is 1. The Morgan fingerprint density at radius 1 is 0.595 bits per heavy atom. The first-order chi connectivity index (χ1) is 20.2. The summed E-state index contributed by atoms with van der Waals surface area (Å²) in [6, 6.07) is 38.1. The van der Waals surface area contributed by atoms with E-state index < -0.39 is 18.3 Å². The average Bonchev–Trinajstić information content (AvgIpc) is 3.51. The molecule has 2 aliphatic heterocycles. The summed E-state index contributed by atoms with van der Waals surface area (Å²) in [6.07, 6.45) is 0. The second-order valence-electron chi connectivity index (χ2n) is 13.3. The molecule has 0 radical (unpaired) electrons. The van der Waals surface area contributed by atoms with Gasteiger partial charge in [-0.2, -0.15) is 0 Å². The quantitative estimate of drug-likeness (QED) is 0.204. The molecule has 3 aliphatic rings. The Bertz CT molecular complexity index is 2110. The average molecular weight is 545 g/mol. The maximum Gasteiger partial charge on any atom is 0.494 e. The summed E-state index contributed by atoms with van der Waals surface area (Å²) >= 11 is 0. The van der Waals surface area contributed by atoms with Crippen LogP contribution in [-0.2, 0) is 14.7 Å². The number of hydrogen-bond acceptors (Lipinski definition) is 2. The van der Waals surface area contributed by atoms with Crippen LogP contribution >= 0.6 is 0 Å². The van der Waals surface area contributed by atoms with Crippen LogP contribution in [0.5, 0.6) is 0 Å². The topological polar surface area (TPSA) is 23.4 Å². The molecule has 1 fully saturated rings. The van der Waals surface area contributed by atoms with Gasteiger partial charge >= 0.3 is 7.12 Å². The summed E-state index contributed by atoms with van der Waals surface area (Å²) in [7, 11) is -0.449. The lowest BCUT2D eigenvalue weighted by molar-refractivity contribution is 0.00578. The Morgan fingerprint density at radius 2 is 1.29 bits per heavy atom. The maximum absolute atomic E-state index is 6.66. The summed E-state index contributed by atoms with van der Waals surface area (Å²) in [5, 5.41) is 2.59. The summed E-state index contributed by atoms with van der Waals surface area (Å²) in [5.74, 6) is 0. The normalized spacial score (nSPS) is 20.7. The van der Waals surface area contributed by atoms with Crippen molar-refractivity contribution < 1.29 is 9.31 Å². The Morgan fingerprint density at radius 3 is 2.07 bits per heavy atom. The van der Waals surface area contributed by atoms with Gasteiger partial charge in [0.15, 0.2) is 0 Å². The Hall–Kier alpha value is -4.12. The van der Waals surface area contributed by atoms with Gasteiger partial charge in [-0.1, -0.05) is 91.0 Å². The molecule has 1 saturated heterocycles. The van der Waals surface area contributed by atoms with Crippen molar-refractivity contribution >= 4 is 34.4 Å². The molecule has 5 aromatic carbocycles. The van der Waals surface area contributed by atoms with Gasteiger partial charge < -0.3 is 13.9 Å². The number of para-hydroxylation sites is 2. The maximum atomic E-state index is 6.66. The molecule has 3 nitrogen and oxygen atoms in total. The van der Waals surface area contributed by atoms with Gasteiger partial charge in [-0.15, -0.1) is 0 Å². The number of benzene rings is 5. The Kier molecular flexibility index (Phi) is 4.56. The molecule has 0 spiro atoms. The molecule has 1 unspecified atom stereocenters. The number of fused-ring (bicyclic) bond motifs is 6. The molecule has 0 N–H and O–H groups in total. The largest absolute Gasteiger partial charge is 0.494 e. The first-order valence-corrected chi connectivity index (χ1v) is 15.0.